The lowest BCUT2D eigenvalue weighted by molar-refractivity contribution is -0.133. The van der Waals surface area contributed by atoms with Gasteiger partial charge in [0.25, 0.3) is 0 Å². The van der Waals surface area contributed by atoms with Crippen LogP contribution in [0.4, 0.5) is 0 Å². The molecule has 0 aromatic carbocycles. The van der Waals surface area contributed by atoms with Crippen LogP contribution in [0.15, 0.2) is 11.4 Å². The van der Waals surface area contributed by atoms with Crippen LogP contribution in [0.25, 0.3) is 0 Å². The maximum absolute atomic E-state index is 11.7. The summed E-state index contributed by atoms with van der Waals surface area (Å²) in [5.41, 5.74) is 6.43. The van der Waals surface area contributed by atoms with Crippen molar-refractivity contribution in [2.24, 2.45) is 11.7 Å². The van der Waals surface area contributed by atoms with Crippen molar-refractivity contribution in [3.8, 4) is 11.8 Å². The fraction of sp³-hybridized carbons (Fsp3) is 0.462. The molecule has 0 fully saturated rings. The van der Waals surface area contributed by atoms with Crippen molar-refractivity contribution in [3.63, 3.8) is 0 Å². The highest BCUT2D eigenvalue weighted by molar-refractivity contribution is 7.10. The minimum Gasteiger partial charge on any atom is -0.341 e. The molecule has 1 rings (SSSR count). The van der Waals surface area contributed by atoms with Crippen LogP contribution >= 0.6 is 11.3 Å². The Morgan fingerprint density at radius 3 is 2.88 bits per heavy atom. The van der Waals surface area contributed by atoms with Gasteiger partial charge in [-0.05, 0) is 17.0 Å². The number of carbonyl (C=O) groups excluding carboxylic acids is 1. The van der Waals surface area contributed by atoms with Crippen molar-refractivity contribution < 1.29 is 4.79 Å². The predicted octanol–water partition coefficient (Wildman–Crippen LogP) is 1.67. The number of rotatable bonds is 3. The van der Waals surface area contributed by atoms with Crippen LogP contribution < -0.4 is 5.73 Å². The molecule has 0 saturated heterocycles. The molecule has 1 amide bonds. The molecule has 1 heterocycles. The van der Waals surface area contributed by atoms with Crippen LogP contribution in [0.5, 0.6) is 0 Å². The summed E-state index contributed by atoms with van der Waals surface area (Å²) in [6.07, 6.45) is 0. The normalized spacial score (nSPS) is 9.94. The highest BCUT2D eigenvalue weighted by Gasteiger charge is 2.13. The monoisotopic (exact) mass is 250 g/mol. The number of nitrogens with two attached hydrogens (primary N) is 1. The first kappa shape index (κ1) is 13.8. The molecular weight excluding hydrogens is 232 g/mol. The van der Waals surface area contributed by atoms with Gasteiger partial charge in [0.15, 0.2) is 0 Å². The van der Waals surface area contributed by atoms with Crippen LogP contribution in [0.3, 0.4) is 0 Å². The summed E-state index contributed by atoms with van der Waals surface area (Å²) in [5, 5.41) is 2.03. The van der Waals surface area contributed by atoms with Gasteiger partial charge in [0.2, 0.25) is 5.91 Å². The standard InChI is InChI=1S/C13H18N2OS/c1-10(2)13(16)15(3)8-11-7-12(17-9-11)5-4-6-14/h7,9-10H,6,8,14H2,1-3H3. The number of carbonyl (C=O) groups is 1. The van der Waals surface area contributed by atoms with Crippen LogP contribution in [0, 0.1) is 17.8 Å². The molecule has 0 unspecified atom stereocenters. The van der Waals surface area contributed by atoms with Gasteiger partial charge in [-0.2, -0.15) is 0 Å². The maximum Gasteiger partial charge on any atom is 0.225 e. The van der Waals surface area contributed by atoms with E-state index in [1.807, 2.05) is 32.3 Å². The number of thiophene rings is 1. The summed E-state index contributed by atoms with van der Waals surface area (Å²) >= 11 is 1.58. The quantitative estimate of drug-likeness (QED) is 0.830. The number of nitrogens with zero attached hydrogens (tertiary/aromatic N) is 1. The van der Waals surface area contributed by atoms with Gasteiger partial charge in [-0.15, -0.1) is 11.3 Å². The van der Waals surface area contributed by atoms with E-state index < -0.39 is 0 Å². The van der Waals surface area contributed by atoms with Gasteiger partial charge in [-0.3, -0.25) is 4.79 Å². The molecule has 1 aromatic heterocycles. The maximum atomic E-state index is 11.7. The fourth-order valence-electron chi connectivity index (χ4n) is 1.45. The molecule has 0 spiro atoms. The Balaban J connectivity index is 2.63. The van der Waals surface area contributed by atoms with Gasteiger partial charge in [-0.25, -0.2) is 0 Å². The second-order valence-electron chi connectivity index (χ2n) is 4.17. The van der Waals surface area contributed by atoms with Crippen LogP contribution in [0.2, 0.25) is 0 Å². The minimum absolute atomic E-state index is 0.0372. The van der Waals surface area contributed by atoms with E-state index in [2.05, 4.69) is 11.8 Å². The van der Waals surface area contributed by atoms with Crippen molar-refractivity contribution in [1.82, 2.24) is 4.90 Å². The Hall–Kier alpha value is -1.31. The zero-order valence-electron chi connectivity index (χ0n) is 10.5. The molecule has 0 saturated carbocycles. The highest BCUT2D eigenvalue weighted by atomic mass is 32.1. The van der Waals surface area contributed by atoms with Gasteiger partial charge in [-0.1, -0.05) is 25.7 Å². The first-order valence-corrected chi connectivity index (χ1v) is 6.44. The van der Waals surface area contributed by atoms with Gasteiger partial charge >= 0.3 is 0 Å². The largest absolute Gasteiger partial charge is 0.341 e. The third kappa shape index (κ3) is 4.22. The zero-order valence-corrected chi connectivity index (χ0v) is 11.3. The van der Waals surface area contributed by atoms with E-state index in [9.17, 15) is 4.79 Å². The molecule has 17 heavy (non-hydrogen) atoms. The molecule has 4 heteroatoms. The smallest absolute Gasteiger partial charge is 0.225 e. The Morgan fingerprint density at radius 1 is 1.59 bits per heavy atom. The lowest BCUT2D eigenvalue weighted by atomic mass is 10.2. The molecule has 0 atom stereocenters. The van der Waals surface area contributed by atoms with Crippen molar-refractivity contribution in [2.45, 2.75) is 20.4 Å². The third-order valence-corrected chi connectivity index (χ3v) is 3.15. The lowest BCUT2D eigenvalue weighted by Crippen LogP contribution is -2.29. The molecule has 0 radical (unpaired) electrons. The molecular formula is C13H18N2OS. The van der Waals surface area contributed by atoms with E-state index in [0.717, 1.165) is 10.4 Å². The predicted molar refractivity (Wildman–Crippen MR) is 71.6 cm³/mol. The van der Waals surface area contributed by atoms with Crippen molar-refractivity contribution >= 4 is 17.2 Å². The van der Waals surface area contributed by atoms with Gasteiger partial charge < -0.3 is 10.6 Å². The number of amides is 1. The van der Waals surface area contributed by atoms with E-state index in [1.54, 1.807) is 16.2 Å². The molecule has 1 aromatic rings. The second-order valence-corrected chi connectivity index (χ2v) is 5.09. The highest BCUT2D eigenvalue weighted by Crippen LogP contribution is 2.15. The summed E-state index contributed by atoms with van der Waals surface area (Å²) < 4.78 is 0. The van der Waals surface area contributed by atoms with Crippen molar-refractivity contribution in [2.75, 3.05) is 13.6 Å². The van der Waals surface area contributed by atoms with E-state index in [0.29, 0.717) is 13.1 Å². The zero-order chi connectivity index (χ0) is 12.8. The fourth-order valence-corrected chi connectivity index (χ4v) is 2.23. The summed E-state index contributed by atoms with van der Waals surface area (Å²) in [4.78, 5) is 14.4. The minimum atomic E-state index is 0.0372. The van der Waals surface area contributed by atoms with Gasteiger partial charge in [0, 0.05) is 19.5 Å². The topological polar surface area (TPSA) is 46.3 Å². The molecule has 0 aliphatic rings. The van der Waals surface area contributed by atoms with E-state index >= 15 is 0 Å². The Morgan fingerprint density at radius 2 is 2.29 bits per heavy atom. The van der Waals surface area contributed by atoms with Crippen LogP contribution in [-0.2, 0) is 11.3 Å². The van der Waals surface area contributed by atoms with Gasteiger partial charge in [0.1, 0.15) is 0 Å². The summed E-state index contributed by atoms with van der Waals surface area (Å²) in [7, 11) is 1.82. The van der Waals surface area contributed by atoms with E-state index in [-0.39, 0.29) is 11.8 Å². The molecule has 3 nitrogen and oxygen atoms in total. The number of hydrogen-bond acceptors (Lipinski definition) is 3. The van der Waals surface area contributed by atoms with Crippen LogP contribution in [-0.4, -0.2) is 24.4 Å². The summed E-state index contributed by atoms with van der Waals surface area (Å²) in [6, 6.07) is 2.01. The lowest BCUT2D eigenvalue weighted by Gasteiger charge is -2.18. The first-order valence-electron chi connectivity index (χ1n) is 5.56. The average molecular weight is 250 g/mol. The van der Waals surface area contributed by atoms with Gasteiger partial charge in [0.05, 0.1) is 11.4 Å². The van der Waals surface area contributed by atoms with Crippen LogP contribution in [0.1, 0.15) is 24.3 Å². The summed E-state index contributed by atoms with van der Waals surface area (Å²) in [6.45, 7) is 4.83. The second kappa shape index (κ2) is 6.43. The first-order chi connectivity index (χ1) is 8.04. The van der Waals surface area contributed by atoms with Crippen molar-refractivity contribution in [3.05, 3.63) is 21.9 Å². The summed E-state index contributed by atoms with van der Waals surface area (Å²) in [5.74, 6) is 6.01. The Bertz CT molecular complexity index is 440. The molecule has 2 N–H and O–H groups in total. The molecule has 92 valence electrons. The molecule has 0 aliphatic heterocycles. The Kier molecular flexibility index (Phi) is 5.20. The van der Waals surface area contributed by atoms with E-state index in [4.69, 9.17) is 5.73 Å². The third-order valence-electron chi connectivity index (χ3n) is 2.26. The number of hydrogen-bond donors (Lipinski definition) is 1. The molecule has 0 bridgehead atoms. The van der Waals surface area contributed by atoms with E-state index in [1.165, 1.54) is 0 Å². The SMILES string of the molecule is CC(C)C(=O)N(C)Cc1csc(C#CCN)c1. The molecule has 0 aliphatic carbocycles. The average Bonchev–Trinajstić information content (AvgIpc) is 2.72. The van der Waals surface area contributed by atoms with Crippen molar-refractivity contribution in [1.29, 1.82) is 0 Å². The Labute approximate surface area is 107 Å².